The maximum absolute atomic E-state index is 14.1. The van der Waals surface area contributed by atoms with Gasteiger partial charge in [0.05, 0.1) is 23.0 Å². The van der Waals surface area contributed by atoms with Crippen LogP contribution in [0.2, 0.25) is 0 Å². The average Bonchev–Trinajstić information content (AvgIpc) is 3.10. The van der Waals surface area contributed by atoms with Gasteiger partial charge in [0, 0.05) is 58.1 Å². The van der Waals surface area contributed by atoms with Gasteiger partial charge in [-0.15, -0.1) is 0 Å². The molecule has 0 aliphatic carbocycles. The number of piperidine rings is 1. The number of imidazole rings is 1. The lowest BCUT2D eigenvalue weighted by molar-refractivity contribution is -0.0173. The Morgan fingerprint density at radius 2 is 1.81 bits per heavy atom. The highest BCUT2D eigenvalue weighted by atomic mass is 19.1. The Balaban J connectivity index is 1.18. The van der Waals surface area contributed by atoms with Crippen molar-refractivity contribution in [3.05, 3.63) is 66.0 Å². The topological polar surface area (TPSA) is 47.2 Å². The van der Waals surface area contributed by atoms with Crippen molar-refractivity contribution in [1.29, 1.82) is 0 Å². The van der Waals surface area contributed by atoms with Gasteiger partial charge in [0.2, 0.25) is 0 Å². The summed E-state index contributed by atoms with van der Waals surface area (Å²) in [6.45, 7) is 7.65. The number of piperazine rings is 1. The quantitative estimate of drug-likeness (QED) is 0.699. The zero-order valence-electron chi connectivity index (χ0n) is 18.0. The molecule has 0 amide bonds. The van der Waals surface area contributed by atoms with Crippen molar-refractivity contribution in [3.63, 3.8) is 0 Å². The molecule has 2 fully saturated rings. The van der Waals surface area contributed by atoms with E-state index in [9.17, 15) is 9.50 Å². The van der Waals surface area contributed by atoms with Crippen LogP contribution < -0.4 is 4.90 Å². The number of nitrogens with zero attached hydrogens (tertiary/aromatic N) is 5. The first-order valence-corrected chi connectivity index (χ1v) is 11.2. The van der Waals surface area contributed by atoms with Crippen LogP contribution in [0.5, 0.6) is 0 Å². The van der Waals surface area contributed by atoms with Crippen molar-refractivity contribution in [2.45, 2.75) is 32.0 Å². The highest BCUT2D eigenvalue weighted by molar-refractivity contribution is 5.53. The molecule has 1 aromatic carbocycles. The van der Waals surface area contributed by atoms with Gasteiger partial charge in [-0.2, -0.15) is 0 Å². The Morgan fingerprint density at radius 1 is 1.03 bits per heavy atom. The molecule has 3 aromatic rings. The zero-order chi connectivity index (χ0) is 21.4. The fourth-order valence-electron chi connectivity index (χ4n) is 5.15. The Bertz CT molecular complexity index is 1050. The fourth-order valence-corrected chi connectivity index (χ4v) is 5.15. The van der Waals surface area contributed by atoms with Crippen molar-refractivity contribution in [1.82, 2.24) is 19.2 Å². The van der Waals surface area contributed by atoms with E-state index in [1.807, 2.05) is 37.4 Å². The number of aryl methyl sites for hydroxylation is 1. The molecule has 164 valence electrons. The second-order valence-electron chi connectivity index (χ2n) is 8.69. The SMILES string of the molecule is Cc1nc(CN2CC[C@@H](N3CCN(c4ccccc4F)CC3)[C@H](O)C2)c2ccccn12. The zero-order valence-corrected chi connectivity index (χ0v) is 18.0. The first kappa shape index (κ1) is 20.4. The number of anilines is 1. The van der Waals surface area contributed by atoms with Crippen LogP contribution in [0.15, 0.2) is 48.7 Å². The molecule has 0 bridgehead atoms. The molecule has 5 rings (SSSR count). The van der Waals surface area contributed by atoms with Crippen LogP contribution in [0.4, 0.5) is 10.1 Å². The molecule has 2 atom stereocenters. The molecule has 1 N–H and O–H groups in total. The van der Waals surface area contributed by atoms with E-state index in [4.69, 9.17) is 4.98 Å². The average molecular weight is 424 g/mol. The number of pyridine rings is 1. The number of hydrogen-bond donors (Lipinski definition) is 1. The van der Waals surface area contributed by atoms with E-state index >= 15 is 0 Å². The summed E-state index contributed by atoms with van der Waals surface area (Å²) in [4.78, 5) is 11.6. The minimum absolute atomic E-state index is 0.161. The van der Waals surface area contributed by atoms with E-state index in [2.05, 4.69) is 25.2 Å². The standard InChI is InChI=1S/C24H30FN5O/c1-18-26-20(22-8-4-5-10-30(18)22)16-27-11-9-23(24(31)17-27)29-14-12-28(13-15-29)21-7-3-2-6-19(21)25/h2-8,10,23-24,31H,9,11-17H2,1H3/t23-,24-/m1/s1. The highest BCUT2D eigenvalue weighted by Crippen LogP contribution is 2.25. The lowest BCUT2D eigenvalue weighted by Gasteiger charge is -2.45. The maximum Gasteiger partial charge on any atom is 0.146 e. The lowest BCUT2D eigenvalue weighted by Crippen LogP contribution is -2.58. The summed E-state index contributed by atoms with van der Waals surface area (Å²) in [6.07, 6.45) is 2.60. The summed E-state index contributed by atoms with van der Waals surface area (Å²) in [6, 6.07) is 13.3. The molecule has 6 nitrogen and oxygen atoms in total. The van der Waals surface area contributed by atoms with Crippen molar-refractivity contribution < 1.29 is 9.50 Å². The lowest BCUT2D eigenvalue weighted by atomic mass is 9.99. The number of likely N-dealkylation sites (tertiary alicyclic amines) is 1. The molecule has 2 aliphatic rings. The van der Waals surface area contributed by atoms with Crippen LogP contribution in [0.25, 0.3) is 5.52 Å². The second kappa shape index (κ2) is 8.57. The van der Waals surface area contributed by atoms with E-state index in [0.29, 0.717) is 12.2 Å². The second-order valence-corrected chi connectivity index (χ2v) is 8.69. The smallest absolute Gasteiger partial charge is 0.146 e. The minimum atomic E-state index is -0.385. The predicted octanol–water partition coefficient (Wildman–Crippen LogP) is 2.54. The minimum Gasteiger partial charge on any atom is -0.390 e. The van der Waals surface area contributed by atoms with Gasteiger partial charge in [-0.3, -0.25) is 9.80 Å². The Labute approximate surface area is 182 Å². The summed E-state index contributed by atoms with van der Waals surface area (Å²) in [5, 5.41) is 10.9. The molecule has 2 saturated heterocycles. The number of benzene rings is 1. The number of aromatic nitrogens is 2. The Hall–Kier alpha value is -2.48. The van der Waals surface area contributed by atoms with Crippen molar-refractivity contribution >= 4 is 11.2 Å². The van der Waals surface area contributed by atoms with E-state index in [1.165, 1.54) is 6.07 Å². The summed E-state index contributed by atoms with van der Waals surface area (Å²) < 4.78 is 16.2. The summed E-state index contributed by atoms with van der Waals surface area (Å²) in [5.74, 6) is 0.833. The van der Waals surface area contributed by atoms with Crippen molar-refractivity contribution in [2.75, 3.05) is 44.2 Å². The third-order valence-electron chi connectivity index (χ3n) is 6.78. The number of aliphatic hydroxyl groups is 1. The Morgan fingerprint density at radius 3 is 2.58 bits per heavy atom. The molecule has 4 heterocycles. The molecular formula is C24H30FN5O. The number of halogens is 1. The highest BCUT2D eigenvalue weighted by Gasteiger charge is 2.34. The number of rotatable bonds is 4. The van der Waals surface area contributed by atoms with Crippen LogP contribution in [0.3, 0.4) is 0 Å². The molecule has 2 aromatic heterocycles. The van der Waals surface area contributed by atoms with Crippen LogP contribution in [-0.2, 0) is 6.54 Å². The van der Waals surface area contributed by atoms with E-state index in [1.54, 1.807) is 6.07 Å². The van der Waals surface area contributed by atoms with Gasteiger partial charge in [-0.05, 0) is 37.6 Å². The molecule has 0 unspecified atom stereocenters. The van der Waals surface area contributed by atoms with Crippen LogP contribution in [0, 0.1) is 12.7 Å². The normalized spacial score (nSPS) is 23.5. The molecule has 31 heavy (non-hydrogen) atoms. The summed E-state index contributed by atoms with van der Waals surface area (Å²) in [5.41, 5.74) is 2.89. The predicted molar refractivity (Wildman–Crippen MR) is 120 cm³/mol. The Kier molecular flexibility index (Phi) is 5.65. The van der Waals surface area contributed by atoms with Crippen LogP contribution in [0.1, 0.15) is 17.9 Å². The van der Waals surface area contributed by atoms with Crippen molar-refractivity contribution in [2.24, 2.45) is 0 Å². The number of fused-ring (bicyclic) bond motifs is 1. The van der Waals surface area contributed by atoms with Gasteiger partial charge >= 0.3 is 0 Å². The molecule has 0 radical (unpaired) electrons. The van der Waals surface area contributed by atoms with E-state index in [-0.39, 0.29) is 18.0 Å². The number of para-hydroxylation sites is 1. The van der Waals surface area contributed by atoms with Crippen LogP contribution in [-0.4, -0.2) is 75.7 Å². The first-order valence-electron chi connectivity index (χ1n) is 11.2. The molecule has 7 heteroatoms. The number of hydrogen-bond acceptors (Lipinski definition) is 5. The van der Waals surface area contributed by atoms with Crippen molar-refractivity contribution in [3.8, 4) is 0 Å². The first-order chi connectivity index (χ1) is 15.1. The van der Waals surface area contributed by atoms with Gasteiger partial charge < -0.3 is 14.4 Å². The van der Waals surface area contributed by atoms with Gasteiger partial charge in [0.1, 0.15) is 11.6 Å². The molecule has 2 aliphatic heterocycles. The molecular weight excluding hydrogens is 393 g/mol. The summed E-state index contributed by atoms with van der Waals surface area (Å²) >= 11 is 0. The van der Waals surface area contributed by atoms with Gasteiger partial charge in [0.25, 0.3) is 0 Å². The van der Waals surface area contributed by atoms with E-state index in [0.717, 1.165) is 62.7 Å². The van der Waals surface area contributed by atoms with Gasteiger partial charge in [-0.25, -0.2) is 9.37 Å². The molecule has 0 spiro atoms. The van der Waals surface area contributed by atoms with Gasteiger partial charge in [-0.1, -0.05) is 18.2 Å². The fraction of sp³-hybridized carbons (Fsp3) is 0.458. The monoisotopic (exact) mass is 423 g/mol. The van der Waals surface area contributed by atoms with Gasteiger partial charge in [0.15, 0.2) is 0 Å². The van der Waals surface area contributed by atoms with Crippen LogP contribution >= 0.6 is 0 Å². The maximum atomic E-state index is 14.1. The largest absolute Gasteiger partial charge is 0.390 e. The third-order valence-corrected chi connectivity index (χ3v) is 6.78. The number of aliphatic hydroxyl groups excluding tert-OH is 1. The van der Waals surface area contributed by atoms with E-state index < -0.39 is 0 Å². The summed E-state index contributed by atoms with van der Waals surface area (Å²) in [7, 11) is 0. The third kappa shape index (κ3) is 4.05. The number of β-amino-alcohol motifs (C(OH)–C–C–N with tert-alkyl or cyclic N) is 1. The molecule has 0 saturated carbocycles.